The van der Waals surface area contributed by atoms with E-state index < -0.39 is 12.1 Å². The van der Waals surface area contributed by atoms with Crippen LogP contribution in [0.5, 0.6) is 0 Å². The molecule has 0 heterocycles. The van der Waals surface area contributed by atoms with Gasteiger partial charge in [0, 0.05) is 17.1 Å². The van der Waals surface area contributed by atoms with Crippen LogP contribution in [0.3, 0.4) is 0 Å². The zero-order valence-electron chi connectivity index (χ0n) is 3.70. The molecule has 2 nitrogen and oxygen atoms in total. The summed E-state index contributed by atoms with van der Waals surface area (Å²) in [6, 6.07) is 0. The Balaban J connectivity index is -0.0000000600. The molecule has 1 radical (unpaired) electrons. The quantitative estimate of drug-likeness (QED) is 0.522. The summed E-state index contributed by atoms with van der Waals surface area (Å²) in [6.07, 6.45) is -5.08. The first kappa shape index (κ1) is 22.5. The van der Waals surface area contributed by atoms with Gasteiger partial charge in [-0.25, -0.2) is 4.79 Å². The minimum absolute atomic E-state index is 0. The number of halogens is 4. The van der Waals surface area contributed by atoms with Gasteiger partial charge >= 0.3 is 41.7 Å². The summed E-state index contributed by atoms with van der Waals surface area (Å²) in [6.45, 7) is 0. The fourth-order valence-corrected chi connectivity index (χ4v) is 0. The van der Waals surface area contributed by atoms with Crippen LogP contribution >= 0.6 is 24.0 Å². The Morgan fingerprint density at radius 2 is 1.40 bits per heavy atom. The zero-order valence-corrected chi connectivity index (χ0v) is 6.97. The van der Waals surface area contributed by atoms with Gasteiger partial charge in [0.15, 0.2) is 0 Å². The predicted octanol–water partition coefficient (Wildman–Crippen LogP) is 0.600. The van der Waals surface area contributed by atoms with Crippen molar-refractivity contribution in [1.82, 2.24) is 0 Å². The van der Waals surface area contributed by atoms with E-state index in [1.807, 2.05) is 0 Å². The molecule has 0 bridgehead atoms. The SMILES string of the molecule is I.O=C(O)C(F)(F)F.[Cu].[NaH]. The monoisotopic (exact) mass is 329 g/mol. The van der Waals surface area contributed by atoms with Crippen LogP contribution in [0.4, 0.5) is 13.2 Å². The van der Waals surface area contributed by atoms with Crippen LogP contribution in [0, 0.1) is 0 Å². The van der Waals surface area contributed by atoms with Crippen LogP contribution in [0.25, 0.3) is 0 Å². The molecular weight excluding hydrogens is 326 g/mol. The molecule has 10 heavy (non-hydrogen) atoms. The molecule has 0 aromatic heterocycles. The molecule has 0 amide bonds. The molecule has 0 atom stereocenters. The Bertz CT molecular complexity index is 97.0. The van der Waals surface area contributed by atoms with Crippen LogP contribution in [0.2, 0.25) is 0 Å². The number of hydrogen-bond acceptors (Lipinski definition) is 1. The van der Waals surface area contributed by atoms with Gasteiger partial charge in [0.25, 0.3) is 0 Å². The van der Waals surface area contributed by atoms with Gasteiger partial charge in [0.2, 0.25) is 0 Å². The average molecular weight is 329 g/mol. The number of carboxylic acid groups (broad SMARTS) is 1. The minimum atomic E-state index is -5.08. The van der Waals surface area contributed by atoms with Crippen molar-refractivity contribution in [2.45, 2.75) is 6.18 Å². The van der Waals surface area contributed by atoms with Gasteiger partial charge in [0.1, 0.15) is 0 Å². The summed E-state index contributed by atoms with van der Waals surface area (Å²) in [4.78, 5) is 8.90. The van der Waals surface area contributed by atoms with E-state index >= 15 is 0 Å². The zero-order chi connectivity index (χ0) is 6.08. The van der Waals surface area contributed by atoms with Gasteiger partial charge in [-0.05, 0) is 0 Å². The number of carboxylic acids is 1. The van der Waals surface area contributed by atoms with Gasteiger partial charge in [-0.15, -0.1) is 24.0 Å². The summed E-state index contributed by atoms with van der Waals surface area (Å²) < 4.78 is 31.7. The van der Waals surface area contributed by atoms with Crippen molar-refractivity contribution in [2.24, 2.45) is 0 Å². The maximum absolute atomic E-state index is 10.6. The molecule has 0 unspecified atom stereocenters. The Morgan fingerprint density at radius 3 is 1.40 bits per heavy atom. The second kappa shape index (κ2) is 8.60. The first-order valence-corrected chi connectivity index (χ1v) is 1.24. The Morgan fingerprint density at radius 1 is 1.30 bits per heavy atom. The van der Waals surface area contributed by atoms with Gasteiger partial charge in [-0.1, -0.05) is 0 Å². The average Bonchev–Trinajstić information content (AvgIpc) is 1.31. The third-order valence-electron chi connectivity index (χ3n) is 0.243. The second-order valence-corrected chi connectivity index (χ2v) is 0.803. The fourth-order valence-electron chi connectivity index (χ4n) is 0. The molecule has 63 valence electrons. The fraction of sp³-hybridized carbons (Fsp3) is 0.500. The molecule has 0 aliphatic heterocycles. The molecule has 8 heteroatoms. The summed E-state index contributed by atoms with van der Waals surface area (Å²) in [5.41, 5.74) is 0. The number of carbonyl (C=O) groups is 1. The van der Waals surface area contributed by atoms with Crippen molar-refractivity contribution in [3.8, 4) is 0 Å². The van der Waals surface area contributed by atoms with E-state index in [4.69, 9.17) is 9.90 Å². The number of rotatable bonds is 0. The normalized spacial score (nSPS) is 7.90. The van der Waals surface area contributed by atoms with Crippen molar-refractivity contribution in [3.05, 3.63) is 0 Å². The Kier molecular flexibility index (Phi) is 19.4. The van der Waals surface area contributed by atoms with Crippen LogP contribution in [-0.2, 0) is 21.9 Å². The molecule has 0 aromatic rings. The number of hydrogen-bond donors (Lipinski definition) is 1. The predicted molar refractivity (Wildman–Crippen MR) is 36.3 cm³/mol. The van der Waals surface area contributed by atoms with E-state index in [1.165, 1.54) is 0 Å². The van der Waals surface area contributed by atoms with Crippen LogP contribution in [0.1, 0.15) is 0 Å². The van der Waals surface area contributed by atoms with Crippen molar-refractivity contribution in [1.29, 1.82) is 0 Å². The molecule has 0 saturated heterocycles. The summed E-state index contributed by atoms with van der Waals surface area (Å²) in [7, 11) is 0. The summed E-state index contributed by atoms with van der Waals surface area (Å²) >= 11 is 0. The third kappa shape index (κ3) is 12.2. The van der Waals surface area contributed by atoms with E-state index in [0.717, 1.165) is 0 Å². The van der Waals surface area contributed by atoms with Crippen LogP contribution in [-0.4, -0.2) is 46.8 Å². The van der Waals surface area contributed by atoms with Gasteiger partial charge < -0.3 is 5.11 Å². The first-order chi connectivity index (χ1) is 2.94. The topological polar surface area (TPSA) is 37.3 Å². The van der Waals surface area contributed by atoms with Gasteiger partial charge in [-0.2, -0.15) is 13.2 Å². The maximum atomic E-state index is 10.6. The molecule has 0 fully saturated rings. The molecule has 0 aliphatic rings. The third-order valence-corrected chi connectivity index (χ3v) is 0.243. The summed E-state index contributed by atoms with van der Waals surface area (Å²) in [5, 5.41) is 7.12. The molecule has 1 N–H and O–H groups in total. The van der Waals surface area contributed by atoms with Crippen molar-refractivity contribution >= 4 is 59.5 Å². The van der Waals surface area contributed by atoms with Gasteiger partial charge in [-0.3, -0.25) is 0 Å². The van der Waals surface area contributed by atoms with Crippen molar-refractivity contribution in [2.75, 3.05) is 0 Å². The molecule has 0 aromatic carbocycles. The second-order valence-electron chi connectivity index (χ2n) is 0.803. The van der Waals surface area contributed by atoms with E-state index in [1.54, 1.807) is 0 Å². The van der Waals surface area contributed by atoms with E-state index in [9.17, 15) is 13.2 Å². The van der Waals surface area contributed by atoms with E-state index in [-0.39, 0.29) is 70.6 Å². The van der Waals surface area contributed by atoms with Gasteiger partial charge in [0.05, 0.1) is 0 Å². The standard InChI is InChI=1S/C2HF3O2.Cu.HI.Na.H/c3-2(4,5)1(6)7;;;;/h(H,6,7);;1H;;. The van der Waals surface area contributed by atoms with Crippen LogP contribution < -0.4 is 0 Å². The molecular formula is C2H3CuF3INaO2. The number of alkyl halides is 3. The molecule has 0 aliphatic carbocycles. The first-order valence-electron chi connectivity index (χ1n) is 1.24. The molecule has 0 rings (SSSR count). The van der Waals surface area contributed by atoms with Crippen molar-refractivity contribution in [3.63, 3.8) is 0 Å². The molecule has 0 spiro atoms. The summed E-state index contributed by atoms with van der Waals surface area (Å²) in [5.74, 6) is -2.76. The van der Waals surface area contributed by atoms with Crippen LogP contribution in [0.15, 0.2) is 0 Å². The van der Waals surface area contributed by atoms with Crippen molar-refractivity contribution < 1.29 is 40.1 Å². The molecule has 0 saturated carbocycles. The van der Waals surface area contributed by atoms with E-state index in [2.05, 4.69) is 0 Å². The number of aliphatic carboxylic acids is 1. The van der Waals surface area contributed by atoms with E-state index in [0.29, 0.717) is 0 Å². The Labute approximate surface area is 105 Å². The Hall–Kier alpha value is 1.51.